The van der Waals surface area contributed by atoms with Gasteiger partial charge >= 0.3 is 12.0 Å². The lowest BCUT2D eigenvalue weighted by Crippen LogP contribution is -2.59. The van der Waals surface area contributed by atoms with Crippen molar-refractivity contribution in [3.05, 3.63) is 76.6 Å². The van der Waals surface area contributed by atoms with Crippen LogP contribution < -0.4 is 10.1 Å². The molecule has 1 atom stereocenters. The number of anilines is 1. The van der Waals surface area contributed by atoms with Crippen LogP contribution in [-0.4, -0.2) is 55.5 Å². The van der Waals surface area contributed by atoms with E-state index in [0.29, 0.717) is 35.2 Å². The van der Waals surface area contributed by atoms with E-state index < -0.39 is 12.1 Å². The van der Waals surface area contributed by atoms with E-state index in [0.717, 1.165) is 5.56 Å². The molecule has 0 bridgehead atoms. The number of aromatic carboxylic acids is 1. The smallest absolute Gasteiger partial charge is 0.354 e. The molecule has 11 heteroatoms. The van der Waals surface area contributed by atoms with E-state index >= 15 is 0 Å². The van der Waals surface area contributed by atoms with Gasteiger partial charge in [0.25, 0.3) is 0 Å². The Morgan fingerprint density at radius 2 is 1.89 bits per heavy atom. The molecule has 1 unspecified atom stereocenters. The number of nitrogens with zero attached hydrogens (tertiary/aromatic N) is 4. The van der Waals surface area contributed by atoms with Gasteiger partial charge in [0.05, 0.1) is 12.1 Å². The van der Waals surface area contributed by atoms with Crippen molar-refractivity contribution in [2.24, 2.45) is 0 Å². The number of halogens is 1. The van der Waals surface area contributed by atoms with Crippen LogP contribution in [0.25, 0.3) is 0 Å². The molecule has 1 aliphatic heterocycles. The predicted octanol–water partition coefficient (Wildman–Crippen LogP) is 4.93. The van der Waals surface area contributed by atoms with Crippen molar-refractivity contribution in [3.8, 4) is 11.6 Å². The van der Waals surface area contributed by atoms with Gasteiger partial charge in [-0.05, 0) is 49.2 Å². The number of aryl methyl sites for hydroxylation is 1. The molecule has 3 heterocycles. The molecule has 192 valence electrons. The lowest BCUT2D eigenvalue weighted by Gasteiger charge is -2.40. The van der Waals surface area contributed by atoms with E-state index in [1.165, 1.54) is 11.0 Å². The number of hydrogen-bond acceptors (Lipinski definition) is 7. The van der Waals surface area contributed by atoms with E-state index in [9.17, 15) is 14.4 Å². The van der Waals surface area contributed by atoms with Crippen LogP contribution in [0.15, 0.2) is 54.6 Å². The molecular weight excluding hydrogens is 498 g/mol. The Bertz CT molecular complexity index is 1320. The van der Waals surface area contributed by atoms with Gasteiger partial charge in [-0.2, -0.15) is 0 Å². The minimum Gasteiger partial charge on any atom is -0.477 e. The lowest BCUT2D eigenvalue weighted by atomic mass is 10.1. The van der Waals surface area contributed by atoms with Crippen molar-refractivity contribution in [1.82, 2.24) is 19.8 Å². The molecule has 3 amide bonds. The molecule has 1 fully saturated rings. The number of pyridine rings is 2. The fourth-order valence-electron chi connectivity index (χ4n) is 3.93. The molecule has 2 N–H and O–H groups in total. The zero-order valence-corrected chi connectivity index (χ0v) is 21.1. The number of urea groups is 1. The van der Waals surface area contributed by atoms with Crippen molar-refractivity contribution in [2.75, 3.05) is 11.9 Å². The van der Waals surface area contributed by atoms with Crippen LogP contribution >= 0.6 is 11.6 Å². The van der Waals surface area contributed by atoms with Crippen LogP contribution in [0.2, 0.25) is 5.02 Å². The molecule has 0 aliphatic carbocycles. The van der Waals surface area contributed by atoms with E-state index in [2.05, 4.69) is 15.3 Å². The van der Waals surface area contributed by atoms with Gasteiger partial charge in [0.2, 0.25) is 11.8 Å². The van der Waals surface area contributed by atoms with Crippen molar-refractivity contribution in [1.29, 1.82) is 0 Å². The largest absolute Gasteiger partial charge is 0.477 e. The van der Waals surface area contributed by atoms with Gasteiger partial charge in [-0.3, -0.25) is 14.6 Å². The maximum absolute atomic E-state index is 13.3. The number of carbonyl (C=O) groups is 3. The highest BCUT2D eigenvalue weighted by molar-refractivity contribution is 6.30. The van der Waals surface area contributed by atoms with Crippen LogP contribution in [0.1, 0.15) is 41.5 Å². The summed E-state index contributed by atoms with van der Waals surface area (Å²) in [5.41, 5.74) is 1.25. The summed E-state index contributed by atoms with van der Waals surface area (Å²) in [4.78, 5) is 48.6. The van der Waals surface area contributed by atoms with Gasteiger partial charge < -0.3 is 15.2 Å². The Kier molecular flexibility index (Phi) is 7.88. The number of ether oxygens (including phenoxy) is 1. The quantitative estimate of drug-likeness (QED) is 0.404. The summed E-state index contributed by atoms with van der Waals surface area (Å²) in [6.45, 7) is 4.28. The first-order chi connectivity index (χ1) is 17.7. The summed E-state index contributed by atoms with van der Waals surface area (Å²) >= 11 is 6.01. The first-order valence-electron chi connectivity index (χ1n) is 11.7. The highest BCUT2D eigenvalue weighted by atomic mass is 35.5. The number of carboxylic acids is 1. The molecule has 37 heavy (non-hydrogen) atoms. The van der Waals surface area contributed by atoms with Crippen molar-refractivity contribution in [3.63, 3.8) is 0 Å². The Balaban J connectivity index is 1.54. The number of carboxylic acid groups (broad SMARTS) is 1. The van der Waals surface area contributed by atoms with Gasteiger partial charge in [0.1, 0.15) is 12.0 Å². The number of aromatic nitrogens is 2. The predicted molar refractivity (Wildman–Crippen MR) is 137 cm³/mol. The summed E-state index contributed by atoms with van der Waals surface area (Å²) in [5, 5.41) is 12.9. The average molecular weight is 524 g/mol. The second-order valence-electron chi connectivity index (χ2n) is 8.49. The molecule has 4 rings (SSSR count). The van der Waals surface area contributed by atoms with Crippen LogP contribution in [0, 0.1) is 6.92 Å². The molecular formula is C26H26ClN5O5. The molecule has 1 saturated heterocycles. The van der Waals surface area contributed by atoms with Gasteiger partial charge in [0.15, 0.2) is 11.4 Å². The summed E-state index contributed by atoms with van der Waals surface area (Å²) < 4.78 is 5.73. The zero-order chi connectivity index (χ0) is 26.5. The van der Waals surface area contributed by atoms with E-state index in [1.807, 2.05) is 19.1 Å². The Labute approximate surface area is 218 Å². The number of rotatable bonds is 9. The third-order valence-electron chi connectivity index (χ3n) is 5.74. The third kappa shape index (κ3) is 6.15. The SMILES string of the molecule is CCCN1C(=O)CC(Nc2ccc(Oc3cccc(C(=O)O)n3)c(C)n2)N(Cc2ccc(Cl)cc2)C1=O. The van der Waals surface area contributed by atoms with Crippen LogP contribution in [0.5, 0.6) is 11.6 Å². The third-order valence-corrected chi connectivity index (χ3v) is 6.00. The average Bonchev–Trinajstić information content (AvgIpc) is 2.87. The first-order valence-corrected chi connectivity index (χ1v) is 12.1. The summed E-state index contributed by atoms with van der Waals surface area (Å²) in [6.07, 6.45) is 0.137. The molecule has 0 radical (unpaired) electrons. The topological polar surface area (TPSA) is 125 Å². The number of carbonyl (C=O) groups excluding carboxylic acids is 2. The van der Waals surface area contributed by atoms with Crippen LogP contribution in [0.4, 0.5) is 10.6 Å². The Morgan fingerprint density at radius 1 is 1.14 bits per heavy atom. The summed E-state index contributed by atoms with van der Waals surface area (Å²) in [7, 11) is 0. The summed E-state index contributed by atoms with van der Waals surface area (Å²) in [5.74, 6) is -0.440. The van der Waals surface area contributed by atoms with Gasteiger partial charge in [-0.15, -0.1) is 0 Å². The van der Waals surface area contributed by atoms with E-state index in [4.69, 9.17) is 21.4 Å². The van der Waals surface area contributed by atoms with Crippen molar-refractivity contribution >= 4 is 35.3 Å². The number of benzene rings is 1. The summed E-state index contributed by atoms with van der Waals surface area (Å²) in [6, 6.07) is 14.6. The number of amides is 3. The normalized spacial score (nSPS) is 15.6. The molecule has 0 saturated carbocycles. The molecule has 1 aliphatic rings. The molecule has 2 aromatic heterocycles. The Morgan fingerprint density at radius 3 is 2.57 bits per heavy atom. The van der Waals surface area contributed by atoms with Crippen LogP contribution in [-0.2, 0) is 11.3 Å². The molecule has 3 aromatic rings. The van der Waals surface area contributed by atoms with Gasteiger partial charge in [-0.1, -0.05) is 36.7 Å². The minimum atomic E-state index is -1.16. The van der Waals surface area contributed by atoms with E-state index in [-0.39, 0.29) is 36.5 Å². The fourth-order valence-corrected chi connectivity index (χ4v) is 4.05. The second kappa shape index (κ2) is 11.3. The lowest BCUT2D eigenvalue weighted by molar-refractivity contribution is -0.132. The second-order valence-corrected chi connectivity index (χ2v) is 8.93. The highest BCUT2D eigenvalue weighted by Crippen LogP contribution is 2.27. The molecule has 0 spiro atoms. The van der Waals surface area contributed by atoms with Gasteiger partial charge in [0, 0.05) is 24.2 Å². The van der Waals surface area contributed by atoms with Crippen molar-refractivity contribution in [2.45, 2.75) is 39.4 Å². The maximum atomic E-state index is 13.3. The Hall–Kier alpha value is -4.18. The first kappa shape index (κ1) is 25.9. The number of hydrogen-bond donors (Lipinski definition) is 2. The molecule has 10 nitrogen and oxygen atoms in total. The van der Waals surface area contributed by atoms with Crippen LogP contribution in [0.3, 0.4) is 0 Å². The maximum Gasteiger partial charge on any atom is 0.354 e. The monoisotopic (exact) mass is 523 g/mol. The molecule has 1 aromatic carbocycles. The number of nitrogens with one attached hydrogen (secondary N) is 1. The number of imide groups is 1. The zero-order valence-electron chi connectivity index (χ0n) is 20.3. The standard InChI is InChI=1S/C26H26ClN5O5/c1-3-13-31-24(33)14-22(32(26(31)36)15-17-7-9-18(27)10-8-17)30-21-12-11-20(16(2)28-21)37-23-6-4-5-19(29-23)25(34)35/h4-12,22H,3,13-15H2,1-2H3,(H,28,30)(H,34,35). The van der Waals surface area contributed by atoms with E-state index in [1.54, 1.807) is 48.2 Å². The highest BCUT2D eigenvalue weighted by Gasteiger charge is 2.38. The van der Waals surface area contributed by atoms with Gasteiger partial charge in [-0.25, -0.2) is 19.6 Å². The fraction of sp³-hybridized carbons (Fsp3) is 0.269. The minimum absolute atomic E-state index is 0.0875. The van der Waals surface area contributed by atoms with Crippen molar-refractivity contribution < 1.29 is 24.2 Å².